The number of halogens is 2. The van der Waals surface area contributed by atoms with Crippen molar-refractivity contribution in [2.24, 2.45) is 5.73 Å². The number of aliphatic carboxylic acids is 1. The molecule has 6 nitrogen and oxygen atoms in total. The molecule has 4 N–H and O–H groups in total. The fraction of sp³-hybridized carbons (Fsp3) is 0.250. The largest absolute Gasteiger partial charge is 0.481 e. The predicted octanol–water partition coefficient (Wildman–Crippen LogP) is -0.0479. The van der Waals surface area contributed by atoms with Gasteiger partial charge in [0.15, 0.2) is 0 Å². The minimum atomic E-state index is -1.38. The second-order valence-corrected chi connectivity index (χ2v) is 4.07. The van der Waals surface area contributed by atoms with Gasteiger partial charge in [-0.25, -0.2) is 8.78 Å². The van der Waals surface area contributed by atoms with E-state index in [1.807, 2.05) is 0 Å². The Bertz CT molecular complexity index is 528. The molecular weight excluding hydrogens is 274 g/mol. The number of nitrogens with one attached hydrogen (secondary N) is 1. The van der Waals surface area contributed by atoms with Crippen LogP contribution in [-0.4, -0.2) is 28.9 Å². The van der Waals surface area contributed by atoms with Crippen LogP contribution in [-0.2, 0) is 20.8 Å². The first-order chi connectivity index (χ1) is 9.27. The molecule has 0 heterocycles. The first-order valence-corrected chi connectivity index (χ1v) is 5.53. The molecule has 0 bridgehead atoms. The van der Waals surface area contributed by atoms with E-state index in [1.54, 1.807) is 0 Å². The summed E-state index contributed by atoms with van der Waals surface area (Å²) in [6.45, 7) is 0. The first kappa shape index (κ1) is 15.5. The van der Waals surface area contributed by atoms with Crippen molar-refractivity contribution in [2.45, 2.75) is 18.9 Å². The Morgan fingerprint density at radius 1 is 1.20 bits per heavy atom. The SMILES string of the molecule is NC(=O)[C@H](CC(=O)O)NC(=O)Cc1cc(F)cc(F)c1. The molecule has 0 aliphatic carbocycles. The minimum Gasteiger partial charge on any atom is -0.481 e. The third kappa shape index (κ3) is 5.01. The Labute approximate surface area is 112 Å². The van der Waals surface area contributed by atoms with Crippen LogP contribution in [0.3, 0.4) is 0 Å². The standard InChI is InChI=1S/C12H12F2N2O4/c13-7-1-6(2-8(14)4-7)3-10(17)16-9(12(15)20)5-11(18)19/h1-2,4,9H,3,5H2,(H2,15,20)(H,16,17)(H,18,19)/t9-/m0/s1. The third-order valence-electron chi connectivity index (χ3n) is 2.34. The highest BCUT2D eigenvalue weighted by Crippen LogP contribution is 2.08. The number of rotatable bonds is 6. The van der Waals surface area contributed by atoms with Gasteiger partial charge in [-0.2, -0.15) is 0 Å². The number of carboxylic acids is 1. The summed E-state index contributed by atoms with van der Waals surface area (Å²) >= 11 is 0. The van der Waals surface area contributed by atoms with Gasteiger partial charge in [-0.05, 0) is 17.7 Å². The van der Waals surface area contributed by atoms with Crippen molar-refractivity contribution < 1.29 is 28.3 Å². The molecule has 0 radical (unpaired) electrons. The van der Waals surface area contributed by atoms with E-state index in [1.165, 1.54) is 0 Å². The second-order valence-electron chi connectivity index (χ2n) is 4.07. The molecule has 0 unspecified atom stereocenters. The van der Waals surface area contributed by atoms with Crippen LogP contribution >= 0.6 is 0 Å². The molecule has 1 aromatic rings. The van der Waals surface area contributed by atoms with Gasteiger partial charge in [0.25, 0.3) is 0 Å². The van der Waals surface area contributed by atoms with Crippen molar-refractivity contribution in [2.75, 3.05) is 0 Å². The smallest absolute Gasteiger partial charge is 0.305 e. The summed E-state index contributed by atoms with van der Waals surface area (Å²) in [5.41, 5.74) is 4.99. The van der Waals surface area contributed by atoms with E-state index in [-0.39, 0.29) is 5.56 Å². The summed E-state index contributed by atoms with van der Waals surface area (Å²) in [5, 5.41) is 10.6. The number of carbonyl (C=O) groups is 3. The van der Waals surface area contributed by atoms with E-state index in [2.05, 4.69) is 5.32 Å². The van der Waals surface area contributed by atoms with Gasteiger partial charge in [0, 0.05) is 6.07 Å². The molecule has 0 spiro atoms. The van der Waals surface area contributed by atoms with Crippen LogP contribution in [0.25, 0.3) is 0 Å². The van der Waals surface area contributed by atoms with Crippen LogP contribution in [0.15, 0.2) is 18.2 Å². The Hall–Kier alpha value is -2.51. The lowest BCUT2D eigenvalue weighted by Crippen LogP contribution is -2.46. The van der Waals surface area contributed by atoms with Crippen LogP contribution < -0.4 is 11.1 Å². The molecule has 1 aromatic carbocycles. The maximum Gasteiger partial charge on any atom is 0.305 e. The lowest BCUT2D eigenvalue weighted by Gasteiger charge is -2.13. The number of benzene rings is 1. The van der Waals surface area contributed by atoms with Gasteiger partial charge in [-0.15, -0.1) is 0 Å². The van der Waals surface area contributed by atoms with Crippen molar-refractivity contribution in [3.63, 3.8) is 0 Å². The average Bonchev–Trinajstić information content (AvgIpc) is 2.25. The molecule has 0 fully saturated rings. The maximum atomic E-state index is 12.9. The number of nitrogens with two attached hydrogens (primary N) is 1. The lowest BCUT2D eigenvalue weighted by molar-refractivity contribution is -0.140. The number of hydrogen-bond acceptors (Lipinski definition) is 3. The number of carbonyl (C=O) groups excluding carboxylic acids is 2. The summed E-state index contributed by atoms with van der Waals surface area (Å²) in [6, 6.07) is 1.19. The van der Waals surface area contributed by atoms with E-state index in [0.29, 0.717) is 6.07 Å². The highest BCUT2D eigenvalue weighted by atomic mass is 19.1. The van der Waals surface area contributed by atoms with Gasteiger partial charge in [0.05, 0.1) is 12.8 Å². The van der Waals surface area contributed by atoms with E-state index >= 15 is 0 Å². The number of carboxylic acid groups (broad SMARTS) is 1. The average molecular weight is 286 g/mol. The number of hydrogen-bond donors (Lipinski definition) is 3. The van der Waals surface area contributed by atoms with E-state index < -0.39 is 48.3 Å². The molecule has 2 amide bonds. The Morgan fingerprint density at radius 3 is 2.20 bits per heavy atom. The molecule has 8 heteroatoms. The van der Waals surface area contributed by atoms with Crippen LogP contribution in [0.4, 0.5) is 8.78 Å². The molecule has 0 saturated heterocycles. The van der Waals surface area contributed by atoms with Crippen molar-refractivity contribution in [1.82, 2.24) is 5.32 Å². The van der Waals surface area contributed by atoms with Gasteiger partial charge in [-0.1, -0.05) is 0 Å². The van der Waals surface area contributed by atoms with Gasteiger partial charge < -0.3 is 16.2 Å². The van der Waals surface area contributed by atoms with Crippen LogP contribution in [0.1, 0.15) is 12.0 Å². The van der Waals surface area contributed by atoms with Gasteiger partial charge in [0.1, 0.15) is 17.7 Å². The van der Waals surface area contributed by atoms with Crippen LogP contribution in [0.2, 0.25) is 0 Å². The monoisotopic (exact) mass is 286 g/mol. The zero-order valence-corrected chi connectivity index (χ0v) is 10.2. The summed E-state index contributed by atoms with van der Waals surface area (Å²) in [5.74, 6) is -4.77. The van der Waals surface area contributed by atoms with Crippen molar-refractivity contribution in [1.29, 1.82) is 0 Å². The molecule has 108 valence electrons. The van der Waals surface area contributed by atoms with Gasteiger partial charge in [-0.3, -0.25) is 14.4 Å². The van der Waals surface area contributed by atoms with Crippen LogP contribution in [0.5, 0.6) is 0 Å². The molecule has 0 aromatic heterocycles. The van der Waals surface area contributed by atoms with E-state index in [9.17, 15) is 23.2 Å². The zero-order valence-electron chi connectivity index (χ0n) is 10.2. The summed E-state index contributed by atoms with van der Waals surface area (Å²) < 4.78 is 25.8. The molecule has 1 atom stereocenters. The maximum absolute atomic E-state index is 12.9. The summed E-state index contributed by atoms with van der Waals surface area (Å²) in [4.78, 5) is 33.0. The molecule has 0 aliphatic heterocycles. The molecule has 0 saturated carbocycles. The van der Waals surface area contributed by atoms with Crippen molar-refractivity contribution >= 4 is 17.8 Å². The highest BCUT2D eigenvalue weighted by Gasteiger charge is 2.21. The minimum absolute atomic E-state index is 0.0542. The van der Waals surface area contributed by atoms with Gasteiger partial charge >= 0.3 is 5.97 Å². The van der Waals surface area contributed by atoms with Crippen molar-refractivity contribution in [3.05, 3.63) is 35.4 Å². The van der Waals surface area contributed by atoms with E-state index in [4.69, 9.17) is 10.8 Å². The fourth-order valence-electron chi connectivity index (χ4n) is 1.54. The fourth-order valence-corrected chi connectivity index (χ4v) is 1.54. The molecular formula is C12H12F2N2O4. The predicted molar refractivity (Wildman–Crippen MR) is 63.4 cm³/mol. The topological polar surface area (TPSA) is 109 Å². The quantitative estimate of drug-likeness (QED) is 0.681. The summed E-state index contributed by atoms with van der Waals surface area (Å²) in [7, 11) is 0. The molecule has 0 aliphatic rings. The Morgan fingerprint density at radius 2 is 1.75 bits per heavy atom. The van der Waals surface area contributed by atoms with E-state index in [0.717, 1.165) is 12.1 Å². The third-order valence-corrected chi connectivity index (χ3v) is 2.34. The first-order valence-electron chi connectivity index (χ1n) is 5.53. The zero-order chi connectivity index (χ0) is 15.3. The highest BCUT2D eigenvalue weighted by molar-refractivity contribution is 5.90. The number of amides is 2. The molecule has 1 rings (SSSR count). The summed E-state index contributed by atoms with van der Waals surface area (Å²) in [6.07, 6.45) is -1.07. The number of primary amides is 1. The van der Waals surface area contributed by atoms with Crippen LogP contribution in [0, 0.1) is 11.6 Å². The van der Waals surface area contributed by atoms with Gasteiger partial charge in [0.2, 0.25) is 11.8 Å². The second kappa shape index (κ2) is 6.60. The Kier molecular flexibility index (Phi) is 5.13. The lowest BCUT2D eigenvalue weighted by atomic mass is 10.1. The molecule has 20 heavy (non-hydrogen) atoms. The van der Waals surface area contributed by atoms with Crippen molar-refractivity contribution in [3.8, 4) is 0 Å². The Balaban J connectivity index is 2.70. The normalized spacial score (nSPS) is 11.7.